The summed E-state index contributed by atoms with van der Waals surface area (Å²) in [7, 11) is 0. The maximum absolute atomic E-state index is 3.67. The van der Waals surface area contributed by atoms with Crippen LogP contribution in [0, 0.1) is 0 Å². The molecule has 0 heterocycles. The molecule has 0 amide bonds. The number of thioether (sulfide) groups is 2. The summed E-state index contributed by atoms with van der Waals surface area (Å²) in [5.41, 5.74) is 0. The summed E-state index contributed by atoms with van der Waals surface area (Å²) in [4.78, 5) is 0. The largest absolute Gasteiger partial charge is 0.315 e. The average molecular weight is 205 g/mol. The molecule has 0 saturated heterocycles. The highest BCUT2D eigenvalue weighted by Crippen LogP contribution is 1.98. The van der Waals surface area contributed by atoms with Crippen LogP contribution in [-0.4, -0.2) is 36.1 Å². The Morgan fingerprint density at radius 3 is 2.50 bits per heavy atom. The Balaban J connectivity index is 2.77. The predicted molar refractivity (Wildman–Crippen MR) is 63.4 cm³/mol. The highest BCUT2D eigenvalue weighted by molar-refractivity contribution is 7.99. The molecule has 0 bridgehead atoms. The van der Waals surface area contributed by atoms with Crippen LogP contribution in [0.4, 0.5) is 0 Å². The SMILES string of the molecule is C=CCSCCNCCSCC. The summed E-state index contributed by atoms with van der Waals surface area (Å²) < 4.78 is 0. The molecule has 12 heavy (non-hydrogen) atoms. The van der Waals surface area contributed by atoms with Crippen molar-refractivity contribution in [3.63, 3.8) is 0 Å². The lowest BCUT2D eigenvalue weighted by Crippen LogP contribution is -2.20. The minimum absolute atomic E-state index is 1.07. The molecule has 0 aromatic rings. The van der Waals surface area contributed by atoms with E-state index in [2.05, 4.69) is 18.8 Å². The molecule has 0 aliphatic heterocycles. The van der Waals surface area contributed by atoms with Crippen molar-refractivity contribution < 1.29 is 0 Å². The minimum atomic E-state index is 1.07. The van der Waals surface area contributed by atoms with Crippen LogP contribution in [0.25, 0.3) is 0 Å². The zero-order valence-corrected chi connectivity index (χ0v) is 9.48. The Labute approximate surface area is 84.8 Å². The van der Waals surface area contributed by atoms with Gasteiger partial charge >= 0.3 is 0 Å². The van der Waals surface area contributed by atoms with Crippen LogP contribution in [0.3, 0.4) is 0 Å². The molecule has 0 aliphatic rings. The Bertz CT molecular complexity index is 96.5. The fourth-order valence-electron chi connectivity index (χ4n) is 0.725. The van der Waals surface area contributed by atoms with Crippen LogP contribution in [-0.2, 0) is 0 Å². The third kappa shape index (κ3) is 10.4. The molecule has 0 rings (SSSR count). The van der Waals surface area contributed by atoms with E-state index in [4.69, 9.17) is 0 Å². The van der Waals surface area contributed by atoms with Crippen molar-refractivity contribution in [2.24, 2.45) is 0 Å². The highest BCUT2D eigenvalue weighted by atomic mass is 32.2. The van der Waals surface area contributed by atoms with Crippen LogP contribution in [0.1, 0.15) is 6.92 Å². The monoisotopic (exact) mass is 205 g/mol. The molecule has 3 heteroatoms. The molecule has 0 atom stereocenters. The van der Waals surface area contributed by atoms with Crippen LogP contribution in [0.15, 0.2) is 12.7 Å². The van der Waals surface area contributed by atoms with Gasteiger partial charge in [0.25, 0.3) is 0 Å². The molecule has 0 fully saturated rings. The maximum Gasteiger partial charge on any atom is 0.0111 e. The quantitative estimate of drug-likeness (QED) is 0.458. The molecular formula is C9H19NS2. The Kier molecular flexibility index (Phi) is 11.8. The molecule has 0 radical (unpaired) electrons. The lowest BCUT2D eigenvalue weighted by Gasteiger charge is -2.02. The summed E-state index contributed by atoms with van der Waals surface area (Å²) in [6, 6.07) is 0. The predicted octanol–water partition coefficient (Wildman–Crippen LogP) is 2.25. The molecular weight excluding hydrogens is 186 g/mol. The molecule has 1 nitrogen and oxygen atoms in total. The smallest absolute Gasteiger partial charge is 0.0111 e. The zero-order chi connectivity index (χ0) is 9.07. The summed E-state index contributed by atoms with van der Waals surface area (Å²) in [6.07, 6.45) is 1.96. The molecule has 0 unspecified atom stereocenters. The summed E-state index contributed by atoms with van der Waals surface area (Å²) in [6.45, 7) is 8.15. The first-order valence-corrected chi connectivity index (χ1v) is 6.69. The first-order chi connectivity index (χ1) is 5.91. The van der Waals surface area contributed by atoms with E-state index in [0.29, 0.717) is 0 Å². The third-order valence-corrected chi connectivity index (χ3v) is 3.15. The molecule has 0 aliphatic carbocycles. The molecule has 0 aromatic heterocycles. The van der Waals surface area contributed by atoms with Crippen LogP contribution >= 0.6 is 23.5 Å². The lowest BCUT2D eigenvalue weighted by atomic mass is 10.7. The first-order valence-electron chi connectivity index (χ1n) is 4.39. The van der Waals surface area contributed by atoms with Gasteiger partial charge in [-0.3, -0.25) is 0 Å². The van der Waals surface area contributed by atoms with Gasteiger partial charge in [0.2, 0.25) is 0 Å². The van der Waals surface area contributed by atoms with E-state index >= 15 is 0 Å². The number of hydrogen-bond acceptors (Lipinski definition) is 3. The number of rotatable bonds is 9. The summed E-state index contributed by atoms with van der Waals surface area (Å²) in [5, 5.41) is 3.40. The van der Waals surface area contributed by atoms with Crippen molar-refractivity contribution in [3.8, 4) is 0 Å². The number of nitrogens with one attached hydrogen (secondary N) is 1. The second-order valence-corrected chi connectivity index (χ2v) is 4.85. The van der Waals surface area contributed by atoms with E-state index in [1.165, 1.54) is 17.3 Å². The second-order valence-electron chi connectivity index (χ2n) is 2.31. The van der Waals surface area contributed by atoms with Gasteiger partial charge in [0.15, 0.2) is 0 Å². The van der Waals surface area contributed by atoms with Crippen LogP contribution < -0.4 is 5.32 Å². The molecule has 0 spiro atoms. The van der Waals surface area contributed by atoms with Gasteiger partial charge in [-0.25, -0.2) is 0 Å². The van der Waals surface area contributed by atoms with Gasteiger partial charge in [0, 0.05) is 30.3 Å². The standard InChI is InChI=1S/C9H19NS2/c1-3-7-12-9-6-10-5-8-11-4-2/h3,10H,1,4-9H2,2H3. The molecule has 72 valence electrons. The van der Waals surface area contributed by atoms with Gasteiger partial charge in [-0.1, -0.05) is 13.0 Å². The second kappa shape index (κ2) is 11.4. The first kappa shape index (κ1) is 12.4. The van der Waals surface area contributed by atoms with E-state index in [1.54, 1.807) is 0 Å². The fraction of sp³-hybridized carbons (Fsp3) is 0.778. The highest BCUT2D eigenvalue weighted by Gasteiger charge is 1.87. The Morgan fingerprint density at radius 1 is 1.25 bits per heavy atom. The lowest BCUT2D eigenvalue weighted by molar-refractivity contribution is 0.774. The van der Waals surface area contributed by atoms with E-state index in [0.717, 1.165) is 18.8 Å². The van der Waals surface area contributed by atoms with Crippen LogP contribution in [0.2, 0.25) is 0 Å². The van der Waals surface area contributed by atoms with Gasteiger partial charge in [-0.05, 0) is 5.75 Å². The van der Waals surface area contributed by atoms with Crippen molar-refractivity contribution in [1.29, 1.82) is 0 Å². The van der Waals surface area contributed by atoms with Crippen molar-refractivity contribution in [2.45, 2.75) is 6.92 Å². The van der Waals surface area contributed by atoms with E-state index in [1.807, 2.05) is 29.6 Å². The minimum Gasteiger partial charge on any atom is -0.315 e. The molecule has 0 saturated carbocycles. The molecule has 0 aromatic carbocycles. The summed E-state index contributed by atoms with van der Waals surface area (Å²) >= 11 is 3.92. The zero-order valence-electron chi connectivity index (χ0n) is 7.84. The van der Waals surface area contributed by atoms with Crippen molar-refractivity contribution in [2.75, 3.05) is 36.1 Å². The van der Waals surface area contributed by atoms with Crippen molar-refractivity contribution in [3.05, 3.63) is 12.7 Å². The van der Waals surface area contributed by atoms with Crippen LogP contribution in [0.5, 0.6) is 0 Å². The Hall–Kier alpha value is 0.400. The van der Waals surface area contributed by atoms with Crippen molar-refractivity contribution >= 4 is 23.5 Å². The van der Waals surface area contributed by atoms with E-state index in [-0.39, 0.29) is 0 Å². The molecule has 1 N–H and O–H groups in total. The maximum atomic E-state index is 3.67. The van der Waals surface area contributed by atoms with E-state index < -0.39 is 0 Å². The fourth-order valence-corrected chi connectivity index (χ4v) is 1.92. The third-order valence-electron chi connectivity index (χ3n) is 1.29. The number of hydrogen-bond donors (Lipinski definition) is 1. The average Bonchev–Trinajstić information content (AvgIpc) is 2.10. The van der Waals surface area contributed by atoms with Gasteiger partial charge < -0.3 is 5.32 Å². The van der Waals surface area contributed by atoms with Gasteiger partial charge in [-0.2, -0.15) is 23.5 Å². The van der Waals surface area contributed by atoms with Gasteiger partial charge in [0.05, 0.1) is 0 Å². The Morgan fingerprint density at radius 2 is 1.92 bits per heavy atom. The van der Waals surface area contributed by atoms with Gasteiger partial charge in [-0.15, -0.1) is 6.58 Å². The normalized spacial score (nSPS) is 10.1. The van der Waals surface area contributed by atoms with Crippen molar-refractivity contribution in [1.82, 2.24) is 5.32 Å². The van der Waals surface area contributed by atoms with Gasteiger partial charge in [0.1, 0.15) is 0 Å². The van der Waals surface area contributed by atoms with E-state index in [9.17, 15) is 0 Å². The summed E-state index contributed by atoms with van der Waals surface area (Å²) in [5.74, 6) is 4.74. The topological polar surface area (TPSA) is 12.0 Å².